The van der Waals surface area contributed by atoms with Crippen LogP contribution in [0.4, 0.5) is 0 Å². The Labute approximate surface area is 78.4 Å². The molecule has 1 aromatic rings. The van der Waals surface area contributed by atoms with Gasteiger partial charge in [0.05, 0.1) is 6.07 Å². The quantitative estimate of drug-likeness (QED) is 0.699. The second-order valence-corrected chi connectivity index (χ2v) is 3.43. The number of aromatic nitrogens is 2. The molecule has 0 saturated carbocycles. The number of aromatic amines is 1. The van der Waals surface area contributed by atoms with Gasteiger partial charge in [0.1, 0.15) is 0 Å². The van der Waals surface area contributed by atoms with Crippen molar-refractivity contribution < 1.29 is 5.11 Å². The fraction of sp³-hybridized carbons (Fsp3) is 0.429. The molecule has 1 heterocycles. The van der Waals surface area contributed by atoms with E-state index in [-0.39, 0.29) is 5.88 Å². The number of aromatic hydroxyl groups is 1. The van der Waals surface area contributed by atoms with Crippen LogP contribution in [-0.4, -0.2) is 26.7 Å². The van der Waals surface area contributed by atoms with E-state index in [1.54, 1.807) is 11.8 Å². The third-order valence-corrected chi connectivity index (χ3v) is 2.12. The number of thioether (sulfide) groups is 1. The van der Waals surface area contributed by atoms with Crippen molar-refractivity contribution in [2.75, 3.05) is 12.0 Å². The maximum absolute atomic E-state index is 11.1. The zero-order valence-corrected chi connectivity index (χ0v) is 7.93. The summed E-state index contributed by atoms with van der Waals surface area (Å²) in [6.07, 6.45) is 1.90. The van der Waals surface area contributed by atoms with Crippen molar-refractivity contribution in [1.29, 1.82) is 0 Å². The van der Waals surface area contributed by atoms with Gasteiger partial charge < -0.3 is 5.11 Å². The molecule has 0 unspecified atom stereocenters. The van der Waals surface area contributed by atoms with Gasteiger partial charge >= 0.3 is 5.69 Å². The minimum Gasteiger partial charge on any atom is -0.494 e. The van der Waals surface area contributed by atoms with Crippen molar-refractivity contribution in [3.05, 3.63) is 26.9 Å². The maximum atomic E-state index is 11.1. The number of hydrogen-bond donors (Lipinski definition) is 2. The topological polar surface area (TPSA) is 75.1 Å². The summed E-state index contributed by atoms with van der Waals surface area (Å²) in [4.78, 5) is 23.9. The van der Waals surface area contributed by atoms with Crippen molar-refractivity contribution >= 4 is 11.8 Å². The standard InChI is InChI=1S/C7H10N2O3S/c1-13-3-2-9-6(11)4-5(10)8-7(9)12/h4,11H,2-3H2,1H3,(H,8,10,12). The van der Waals surface area contributed by atoms with Crippen LogP contribution in [0.25, 0.3) is 0 Å². The van der Waals surface area contributed by atoms with Gasteiger partial charge in [-0.2, -0.15) is 11.8 Å². The van der Waals surface area contributed by atoms with Gasteiger partial charge in [0.25, 0.3) is 5.56 Å². The Morgan fingerprint density at radius 1 is 1.62 bits per heavy atom. The SMILES string of the molecule is CSCCn1c(O)cc(=O)[nH]c1=O. The summed E-state index contributed by atoms with van der Waals surface area (Å²) < 4.78 is 1.12. The van der Waals surface area contributed by atoms with Gasteiger partial charge in [0.2, 0.25) is 5.88 Å². The highest BCUT2D eigenvalue weighted by molar-refractivity contribution is 7.98. The second kappa shape index (κ2) is 4.18. The Hall–Kier alpha value is -1.17. The molecule has 0 bridgehead atoms. The van der Waals surface area contributed by atoms with Crippen LogP contribution in [0.5, 0.6) is 5.88 Å². The molecular weight excluding hydrogens is 192 g/mol. The summed E-state index contributed by atoms with van der Waals surface area (Å²) in [5.41, 5.74) is -1.15. The predicted molar refractivity (Wildman–Crippen MR) is 51.4 cm³/mol. The zero-order valence-electron chi connectivity index (χ0n) is 7.11. The Balaban J connectivity index is 3.07. The van der Waals surface area contributed by atoms with Crippen LogP contribution < -0.4 is 11.2 Å². The fourth-order valence-electron chi connectivity index (χ4n) is 0.907. The summed E-state index contributed by atoms with van der Waals surface area (Å²) in [5.74, 6) is 0.419. The molecule has 1 rings (SSSR count). The smallest absolute Gasteiger partial charge is 0.331 e. The minimum absolute atomic E-state index is 0.289. The van der Waals surface area contributed by atoms with E-state index in [1.165, 1.54) is 0 Å². The van der Waals surface area contributed by atoms with Crippen molar-refractivity contribution in [1.82, 2.24) is 9.55 Å². The fourth-order valence-corrected chi connectivity index (χ4v) is 1.27. The van der Waals surface area contributed by atoms with E-state index in [0.29, 0.717) is 12.3 Å². The van der Waals surface area contributed by atoms with E-state index in [4.69, 9.17) is 0 Å². The normalized spacial score (nSPS) is 10.2. The molecule has 0 amide bonds. The summed E-state index contributed by atoms with van der Waals surface area (Å²) in [6, 6.07) is 0.988. The van der Waals surface area contributed by atoms with Crippen LogP contribution in [0.3, 0.4) is 0 Å². The molecule has 0 atom stereocenters. The highest BCUT2D eigenvalue weighted by Crippen LogP contribution is 2.01. The van der Waals surface area contributed by atoms with Crippen molar-refractivity contribution in [2.45, 2.75) is 6.54 Å². The summed E-state index contributed by atoms with van der Waals surface area (Å²) >= 11 is 1.56. The maximum Gasteiger partial charge on any atom is 0.331 e. The Kier molecular flexibility index (Phi) is 3.18. The van der Waals surface area contributed by atoms with Gasteiger partial charge in [-0.25, -0.2) is 4.79 Å². The van der Waals surface area contributed by atoms with Crippen LogP contribution >= 0.6 is 11.8 Å². The van der Waals surface area contributed by atoms with E-state index < -0.39 is 11.2 Å². The molecule has 0 aliphatic rings. The van der Waals surface area contributed by atoms with E-state index in [2.05, 4.69) is 4.98 Å². The lowest BCUT2D eigenvalue weighted by Crippen LogP contribution is -2.29. The molecule has 0 aromatic carbocycles. The summed E-state index contributed by atoms with van der Waals surface area (Å²) in [6.45, 7) is 0.391. The molecule has 6 heteroatoms. The monoisotopic (exact) mass is 202 g/mol. The number of nitrogens with zero attached hydrogens (tertiary/aromatic N) is 1. The number of rotatable bonds is 3. The van der Waals surface area contributed by atoms with Crippen molar-refractivity contribution in [3.63, 3.8) is 0 Å². The average molecular weight is 202 g/mol. The number of H-pyrrole nitrogens is 1. The van der Waals surface area contributed by atoms with Gasteiger partial charge in [-0.05, 0) is 6.26 Å². The third kappa shape index (κ3) is 2.38. The highest BCUT2D eigenvalue weighted by atomic mass is 32.2. The van der Waals surface area contributed by atoms with Crippen LogP contribution in [0.2, 0.25) is 0 Å². The number of nitrogens with one attached hydrogen (secondary N) is 1. The first-order valence-corrected chi connectivity index (χ1v) is 5.06. The van der Waals surface area contributed by atoms with Gasteiger partial charge in [0, 0.05) is 12.3 Å². The van der Waals surface area contributed by atoms with Crippen LogP contribution in [-0.2, 0) is 6.54 Å². The second-order valence-electron chi connectivity index (χ2n) is 2.44. The molecule has 0 aliphatic heterocycles. The Morgan fingerprint density at radius 2 is 2.31 bits per heavy atom. The van der Waals surface area contributed by atoms with Crippen LogP contribution in [0.15, 0.2) is 15.7 Å². The van der Waals surface area contributed by atoms with Crippen LogP contribution in [0, 0.1) is 0 Å². The van der Waals surface area contributed by atoms with Gasteiger partial charge in [-0.3, -0.25) is 14.3 Å². The Bertz CT molecular complexity index is 395. The molecule has 0 saturated heterocycles. The van der Waals surface area contributed by atoms with E-state index in [1.807, 2.05) is 6.26 Å². The first kappa shape index (κ1) is 9.91. The van der Waals surface area contributed by atoms with Crippen LogP contribution in [0.1, 0.15) is 0 Å². The van der Waals surface area contributed by atoms with Gasteiger partial charge in [0.15, 0.2) is 0 Å². The lowest BCUT2D eigenvalue weighted by Gasteiger charge is -2.04. The minimum atomic E-state index is -0.581. The third-order valence-electron chi connectivity index (χ3n) is 1.53. The molecular formula is C7H10N2O3S. The average Bonchev–Trinajstić information content (AvgIpc) is 2.02. The predicted octanol–water partition coefficient (Wildman–Crippen LogP) is -0.395. The Morgan fingerprint density at radius 3 is 2.85 bits per heavy atom. The highest BCUT2D eigenvalue weighted by Gasteiger charge is 2.02. The molecule has 13 heavy (non-hydrogen) atoms. The van der Waals surface area contributed by atoms with E-state index in [0.717, 1.165) is 10.6 Å². The van der Waals surface area contributed by atoms with Gasteiger partial charge in [-0.15, -0.1) is 0 Å². The largest absolute Gasteiger partial charge is 0.494 e. The van der Waals surface area contributed by atoms with E-state index >= 15 is 0 Å². The van der Waals surface area contributed by atoms with Crippen molar-refractivity contribution in [3.8, 4) is 5.88 Å². The summed E-state index contributed by atoms with van der Waals surface area (Å²) in [5, 5.41) is 9.23. The van der Waals surface area contributed by atoms with Gasteiger partial charge in [-0.1, -0.05) is 0 Å². The van der Waals surface area contributed by atoms with Crippen molar-refractivity contribution in [2.24, 2.45) is 0 Å². The molecule has 0 radical (unpaired) electrons. The molecule has 2 N–H and O–H groups in total. The number of hydrogen-bond acceptors (Lipinski definition) is 4. The molecule has 0 spiro atoms. The lowest BCUT2D eigenvalue weighted by molar-refractivity contribution is 0.406. The molecule has 1 aromatic heterocycles. The molecule has 72 valence electrons. The zero-order chi connectivity index (χ0) is 9.84. The lowest BCUT2D eigenvalue weighted by atomic mass is 10.5. The molecule has 0 aliphatic carbocycles. The first-order chi connectivity index (χ1) is 6.15. The first-order valence-electron chi connectivity index (χ1n) is 3.67. The molecule has 5 nitrogen and oxygen atoms in total. The van der Waals surface area contributed by atoms with E-state index in [9.17, 15) is 14.7 Å². The molecule has 0 fully saturated rings. The summed E-state index contributed by atoms with van der Waals surface area (Å²) in [7, 11) is 0.